The number of carbonyl (C=O) groups excluding carboxylic acids is 2. The van der Waals surface area contributed by atoms with Crippen molar-refractivity contribution >= 4 is 11.8 Å². The summed E-state index contributed by atoms with van der Waals surface area (Å²) in [6, 6.07) is 0. The number of allylic oxidation sites excluding steroid dienone is 3. The number of fused-ring (bicyclic) bond motifs is 1. The van der Waals surface area contributed by atoms with E-state index in [0.29, 0.717) is 18.8 Å². The Morgan fingerprint density at radius 3 is 2.20 bits per heavy atom. The molecule has 2 aliphatic heterocycles. The summed E-state index contributed by atoms with van der Waals surface area (Å²) in [4.78, 5) is 25.2. The number of epoxide rings is 1. The predicted octanol–water partition coefficient (Wildman–Crippen LogP) is 4.27. The van der Waals surface area contributed by atoms with Crippen molar-refractivity contribution in [3.63, 3.8) is 0 Å². The number of carbonyl (C=O) groups is 2. The fourth-order valence-electron chi connectivity index (χ4n) is 5.75. The highest BCUT2D eigenvalue weighted by Gasteiger charge is 2.39. The van der Waals surface area contributed by atoms with Crippen LogP contribution in [0.4, 0.5) is 0 Å². The van der Waals surface area contributed by atoms with Gasteiger partial charge in [-0.1, -0.05) is 57.4 Å². The molecule has 230 valence electrons. The molecule has 0 unspecified atom stereocenters. The lowest BCUT2D eigenvalue weighted by Gasteiger charge is -2.27. The average Bonchev–Trinajstić information content (AvgIpc) is 3.60. The van der Waals surface area contributed by atoms with Crippen LogP contribution in [0.2, 0.25) is 0 Å². The number of cyclic esters (lactones) is 1. The van der Waals surface area contributed by atoms with Crippen LogP contribution in [0.5, 0.6) is 0 Å². The van der Waals surface area contributed by atoms with E-state index in [0.717, 1.165) is 43.3 Å². The zero-order valence-corrected chi connectivity index (χ0v) is 25.4. The second kappa shape index (κ2) is 16.2. The summed E-state index contributed by atoms with van der Waals surface area (Å²) in [6.07, 6.45) is 2.51. The van der Waals surface area contributed by atoms with Crippen molar-refractivity contribution in [3.8, 4) is 0 Å². The Kier molecular flexibility index (Phi) is 14.0. The molecule has 1 fully saturated rings. The largest absolute Gasteiger partial charge is 0.462 e. The van der Waals surface area contributed by atoms with Crippen LogP contribution in [-0.4, -0.2) is 74.9 Å². The standard InChI is InChI=1S/C32H54O8/c1-18-12-19(2)14-29-28(40-29)11-9-8-10-26(34)24(7)32(38)39-23(6)15-22(5)30(36)31(37)27(35)17-25(33)16-21(4)20(3)13-18/h13,19,21-26,28-31,33-34,36-37H,1,8-12,14-17H2,2-7H3/b20-13+/t19-,21+,22-,23-,24+,25+,26+,28-,29+,30-,31+/m0/s1. The predicted molar refractivity (Wildman–Crippen MR) is 154 cm³/mol. The summed E-state index contributed by atoms with van der Waals surface area (Å²) < 4.78 is 11.4. The van der Waals surface area contributed by atoms with E-state index in [1.165, 1.54) is 0 Å². The van der Waals surface area contributed by atoms with Gasteiger partial charge in [0.15, 0.2) is 5.78 Å². The van der Waals surface area contributed by atoms with E-state index in [4.69, 9.17) is 9.47 Å². The summed E-state index contributed by atoms with van der Waals surface area (Å²) in [7, 11) is 0. The number of hydrogen-bond acceptors (Lipinski definition) is 8. The SMILES string of the molecule is C=C1/C=C(\C)[C@H](C)C[C@@H](O)CC(=O)[C@@H](O)[C@@H](O)[C@@H](C)C[C@H](C)OC(=O)[C@H](C)[C@H](O)CCCC[C@@H]2O[C@@H]2C[C@@H](C)C1. The van der Waals surface area contributed by atoms with Crippen molar-refractivity contribution in [2.75, 3.05) is 0 Å². The lowest BCUT2D eigenvalue weighted by molar-refractivity contribution is -0.158. The van der Waals surface area contributed by atoms with Crippen molar-refractivity contribution in [3.05, 3.63) is 23.8 Å². The fourth-order valence-corrected chi connectivity index (χ4v) is 5.75. The van der Waals surface area contributed by atoms with Crippen molar-refractivity contribution in [2.24, 2.45) is 23.7 Å². The molecule has 0 radical (unpaired) electrons. The second-order valence-corrected chi connectivity index (χ2v) is 12.8. The van der Waals surface area contributed by atoms with Gasteiger partial charge in [0.2, 0.25) is 0 Å². The summed E-state index contributed by atoms with van der Waals surface area (Å²) >= 11 is 0. The highest BCUT2D eigenvalue weighted by molar-refractivity contribution is 5.83. The van der Waals surface area contributed by atoms with Crippen molar-refractivity contribution in [1.29, 1.82) is 0 Å². The van der Waals surface area contributed by atoms with Crippen molar-refractivity contribution in [2.45, 2.75) is 142 Å². The van der Waals surface area contributed by atoms with E-state index in [2.05, 4.69) is 19.6 Å². The highest BCUT2D eigenvalue weighted by Crippen LogP contribution is 2.34. The number of aliphatic hydroxyl groups is 4. The molecule has 1 saturated heterocycles. The average molecular weight is 567 g/mol. The van der Waals surface area contributed by atoms with Crippen LogP contribution in [0, 0.1) is 23.7 Å². The van der Waals surface area contributed by atoms with E-state index in [1.54, 1.807) is 20.8 Å². The van der Waals surface area contributed by atoms with Crippen molar-refractivity contribution < 1.29 is 39.5 Å². The van der Waals surface area contributed by atoms with Crippen LogP contribution in [0.25, 0.3) is 0 Å². The molecule has 4 N–H and O–H groups in total. The second-order valence-electron chi connectivity index (χ2n) is 12.8. The summed E-state index contributed by atoms with van der Waals surface area (Å²) in [5, 5.41) is 42.1. The van der Waals surface area contributed by atoms with Crippen LogP contribution < -0.4 is 0 Å². The Balaban J connectivity index is 2.07. The fraction of sp³-hybridized carbons (Fsp3) is 0.812. The maximum absolute atomic E-state index is 12.6. The van der Waals surface area contributed by atoms with Gasteiger partial charge < -0.3 is 29.9 Å². The van der Waals surface area contributed by atoms with Crippen LogP contribution >= 0.6 is 0 Å². The molecule has 0 aromatic rings. The lowest BCUT2D eigenvalue weighted by Crippen LogP contribution is -2.41. The third kappa shape index (κ3) is 11.4. The molecule has 8 nitrogen and oxygen atoms in total. The zero-order valence-electron chi connectivity index (χ0n) is 25.4. The smallest absolute Gasteiger partial charge is 0.311 e. The van der Waals surface area contributed by atoms with E-state index in [-0.39, 0.29) is 31.0 Å². The summed E-state index contributed by atoms with van der Waals surface area (Å²) in [6.45, 7) is 15.4. The molecule has 2 aliphatic rings. The first-order valence-corrected chi connectivity index (χ1v) is 15.2. The number of ketones is 1. The maximum Gasteiger partial charge on any atom is 0.311 e. The first kappa shape index (κ1) is 34.6. The normalized spacial score (nSPS) is 42.3. The number of aliphatic hydroxyl groups excluding tert-OH is 4. The Labute approximate surface area is 240 Å². The molecule has 11 atom stereocenters. The van der Waals surface area contributed by atoms with Crippen LogP contribution in [0.15, 0.2) is 23.8 Å². The maximum atomic E-state index is 12.6. The molecule has 8 heteroatoms. The van der Waals surface area contributed by atoms with Gasteiger partial charge in [0.25, 0.3) is 0 Å². The minimum absolute atomic E-state index is 0.0157. The van der Waals surface area contributed by atoms with Crippen molar-refractivity contribution in [1.82, 2.24) is 0 Å². The van der Waals surface area contributed by atoms with Gasteiger partial charge in [-0.15, -0.1) is 0 Å². The minimum atomic E-state index is -1.64. The number of ether oxygens (including phenoxy) is 2. The van der Waals surface area contributed by atoms with Gasteiger partial charge in [0.1, 0.15) is 6.10 Å². The summed E-state index contributed by atoms with van der Waals surface area (Å²) in [5.41, 5.74) is 2.09. The number of rotatable bonds is 0. The van der Waals surface area contributed by atoms with Gasteiger partial charge in [-0.05, 0) is 77.0 Å². The molecule has 0 aliphatic carbocycles. The molecule has 40 heavy (non-hydrogen) atoms. The molecule has 0 spiro atoms. The van der Waals surface area contributed by atoms with E-state index >= 15 is 0 Å². The van der Waals surface area contributed by atoms with Gasteiger partial charge in [-0.25, -0.2) is 0 Å². The molecule has 0 saturated carbocycles. The first-order chi connectivity index (χ1) is 18.7. The molecular formula is C32H54O8. The van der Waals surface area contributed by atoms with Crippen LogP contribution in [0.3, 0.4) is 0 Å². The number of esters is 1. The Bertz CT molecular complexity index is 869. The molecular weight excluding hydrogens is 512 g/mol. The lowest BCUT2D eigenvalue weighted by atomic mass is 9.88. The van der Waals surface area contributed by atoms with Gasteiger partial charge in [-0.2, -0.15) is 0 Å². The van der Waals surface area contributed by atoms with Gasteiger partial charge in [0, 0.05) is 6.42 Å². The molecule has 0 bridgehead atoms. The third-order valence-corrected chi connectivity index (χ3v) is 8.65. The Morgan fingerprint density at radius 1 is 0.875 bits per heavy atom. The quantitative estimate of drug-likeness (QED) is 0.252. The first-order valence-electron chi connectivity index (χ1n) is 15.2. The minimum Gasteiger partial charge on any atom is -0.462 e. The Hall–Kier alpha value is -1.58. The van der Waals surface area contributed by atoms with Crippen LogP contribution in [0.1, 0.15) is 99.3 Å². The van der Waals surface area contributed by atoms with E-state index in [1.807, 2.05) is 13.8 Å². The Morgan fingerprint density at radius 2 is 1.52 bits per heavy atom. The van der Waals surface area contributed by atoms with E-state index in [9.17, 15) is 30.0 Å². The number of hydrogen-bond donors (Lipinski definition) is 4. The molecule has 2 heterocycles. The highest BCUT2D eigenvalue weighted by atomic mass is 16.6. The molecule has 0 aromatic heterocycles. The zero-order chi connectivity index (χ0) is 30.1. The van der Waals surface area contributed by atoms with Gasteiger partial charge in [-0.3, -0.25) is 9.59 Å². The molecule has 0 aromatic carbocycles. The molecule has 2 rings (SSSR count). The topological polar surface area (TPSA) is 137 Å². The monoisotopic (exact) mass is 566 g/mol. The van der Waals surface area contributed by atoms with Gasteiger partial charge >= 0.3 is 5.97 Å². The van der Waals surface area contributed by atoms with Crippen LogP contribution in [-0.2, 0) is 19.1 Å². The summed E-state index contributed by atoms with van der Waals surface area (Å²) in [5.74, 6) is -1.93. The molecule has 0 amide bonds. The third-order valence-electron chi connectivity index (χ3n) is 8.65. The van der Waals surface area contributed by atoms with E-state index < -0.39 is 54.1 Å². The number of Topliss-reactive ketones (excluding diaryl/α,β-unsaturated/α-hetero) is 1. The van der Waals surface area contributed by atoms with Gasteiger partial charge in [0.05, 0.1) is 42.5 Å².